The second kappa shape index (κ2) is 16.6. The molecule has 2 atom stereocenters. The van der Waals surface area contributed by atoms with Crippen molar-refractivity contribution in [1.29, 1.82) is 0 Å². The number of aromatic nitrogens is 3. The summed E-state index contributed by atoms with van der Waals surface area (Å²) in [6, 6.07) is 4.40. The normalized spacial score (nSPS) is 16.7. The summed E-state index contributed by atoms with van der Waals surface area (Å²) in [6.07, 6.45) is 2.23. The van der Waals surface area contributed by atoms with Crippen LogP contribution < -0.4 is 5.32 Å². The number of pyridine rings is 1. The number of carbonyl (C=O) groups is 2. The van der Waals surface area contributed by atoms with E-state index in [2.05, 4.69) is 25.3 Å². The molecule has 5 heterocycles. The molecule has 262 valence electrons. The predicted octanol–water partition coefficient (Wildman–Crippen LogP) is 4.27. The van der Waals surface area contributed by atoms with Crippen LogP contribution in [0.25, 0.3) is 0 Å². The summed E-state index contributed by atoms with van der Waals surface area (Å²) in [7, 11) is 0. The quantitative estimate of drug-likeness (QED) is 0.266. The Labute approximate surface area is 282 Å². The monoisotopic (exact) mass is 680 g/mol. The van der Waals surface area contributed by atoms with E-state index >= 15 is 0 Å². The minimum Gasteiger partial charge on any atom is -0.474 e. The number of aliphatic imine (C=N–C) groups is 2. The first-order chi connectivity index (χ1) is 23.5. The molecule has 0 fully saturated rings. The molecule has 0 bridgehead atoms. The average Bonchev–Trinajstić information content (AvgIpc) is 3.87. The van der Waals surface area contributed by atoms with E-state index in [4.69, 9.17) is 42.4 Å². The summed E-state index contributed by atoms with van der Waals surface area (Å²) >= 11 is 0. The van der Waals surface area contributed by atoms with E-state index in [0.717, 1.165) is 12.1 Å². The van der Waals surface area contributed by atoms with Gasteiger partial charge in [-0.25, -0.2) is 34.5 Å². The first-order valence-electron chi connectivity index (χ1n) is 16.0. The van der Waals surface area contributed by atoms with Gasteiger partial charge in [-0.1, -0.05) is 19.9 Å². The highest BCUT2D eigenvalue weighted by Gasteiger charge is 2.32. The van der Waals surface area contributed by atoms with Crippen molar-refractivity contribution < 1.29 is 47.0 Å². The highest BCUT2D eigenvalue weighted by Crippen LogP contribution is 2.29. The van der Waals surface area contributed by atoms with E-state index in [1.165, 1.54) is 0 Å². The SMILES string of the molecule is CCCc1oc(C2COC(c3cccc(C4=NC(c5nc(CC)c(CCNC(=O)OC(C)(C)C)o5)CO4)n3)=N2)nc1C(=O)OCC.O=C=O. The second-order valence-corrected chi connectivity index (χ2v) is 11.8. The van der Waals surface area contributed by atoms with Crippen molar-refractivity contribution in [2.75, 3.05) is 26.4 Å². The van der Waals surface area contributed by atoms with Gasteiger partial charge < -0.3 is 33.1 Å². The lowest BCUT2D eigenvalue weighted by Gasteiger charge is -2.19. The maximum Gasteiger partial charge on any atom is 0.407 e. The van der Waals surface area contributed by atoms with E-state index in [1.54, 1.807) is 19.1 Å². The molecule has 16 heteroatoms. The van der Waals surface area contributed by atoms with Crippen LogP contribution in [0.15, 0.2) is 37.0 Å². The van der Waals surface area contributed by atoms with Gasteiger partial charge in [0.05, 0.1) is 12.3 Å². The number of rotatable bonds is 12. The number of aryl methyl sites for hydroxylation is 2. The van der Waals surface area contributed by atoms with E-state index in [0.29, 0.717) is 72.3 Å². The van der Waals surface area contributed by atoms with Crippen LogP contribution >= 0.6 is 0 Å². The second-order valence-electron chi connectivity index (χ2n) is 11.8. The van der Waals surface area contributed by atoms with Gasteiger partial charge >= 0.3 is 18.2 Å². The van der Waals surface area contributed by atoms with Crippen molar-refractivity contribution in [3.05, 3.63) is 64.3 Å². The lowest BCUT2D eigenvalue weighted by molar-refractivity contribution is -0.191. The maximum absolute atomic E-state index is 12.4. The number of hydrogen-bond donors (Lipinski definition) is 1. The maximum atomic E-state index is 12.4. The summed E-state index contributed by atoms with van der Waals surface area (Å²) < 4.78 is 34.2. The molecule has 1 N–H and O–H groups in total. The van der Waals surface area contributed by atoms with Gasteiger partial charge in [-0.3, -0.25) is 0 Å². The number of ether oxygens (including phenoxy) is 4. The Bertz CT molecular complexity index is 1710. The summed E-state index contributed by atoms with van der Waals surface area (Å²) in [4.78, 5) is 63.7. The Kier molecular flexibility index (Phi) is 12.4. The fourth-order valence-corrected chi connectivity index (χ4v) is 4.83. The van der Waals surface area contributed by atoms with Gasteiger partial charge in [0, 0.05) is 19.4 Å². The van der Waals surface area contributed by atoms with Crippen LogP contribution in [0.2, 0.25) is 0 Å². The summed E-state index contributed by atoms with van der Waals surface area (Å²) in [5, 5.41) is 2.75. The molecular formula is C33H40N6O10. The zero-order chi connectivity index (χ0) is 35.6. The number of carbonyl (C=O) groups excluding carboxylic acids is 4. The number of oxazole rings is 2. The standard InChI is InChI=1S/C32H40N6O8.CO2/c1-7-11-24-25(30(39)41-9-3)38-29(45-24)22-17-43-27(37-22)20-13-10-12-19(34-20)26-36-21(16-42-26)28-35-18(8-2)23(44-28)14-15-33-31(40)46-32(4,5)6;2-1-3/h10,12-13,21-22H,7-9,11,14-17H2,1-6H3,(H,33,40);. The Morgan fingerprint density at radius 1 is 0.898 bits per heavy atom. The fraction of sp³-hybridized carbons (Fsp3) is 0.515. The lowest BCUT2D eigenvalue weighted by atomic mass is 10.2. The van der Waals surface area contributed by atoms with Crippen molar-refractivity contribution >= 4 is 30.0 Å². The number of nitrogens with zero attached hydrogens (tertiary/aromatic N) is 5. The molecule has 49 heavy (non-hydrogen) atoms. The van der Waals surface area contributed by atoms with Gasteiger partial charge in [0.15, 0.2) is 17.8 Å². The third-order valence-corrected chi connectivity index (χ3v) is 6.87. The van der Waals surface area contributed by atoms with Gasteiger partial charge in [0.1, 0.15) is 41.7 Å². The van der Waals surface area contributed by atoms with Gasteiger partial charge in [0.25, 0.3) is 0 Å². The lowest BCUT2D eigenvalue weighted by Crippen LogP contribution is -2.33. The molecule has 0 saturated carbocycles. The number of hydrogen-bond acceptors (Lipinski definition) is 15. The van der Waals surface area contributed by atoms with Crippen LogP contribution in [-0.4, -0.2) is 76.9 Å². The number of alkyl carbamates (subject to hydrolysis) is 1. The molecule has 5 rings (SSSR count). The molecule has 0 spiro atoms. The number of esters is 1. The van der Waals surface area contributed by atoms with E-state index in [1.807, 2.05) is 40.7 Å². The zero-order valence-corrected chi connectivity index (χ0v) is 28.4. The van der Waals surface area contributed by atoms with Crippen LogP contribution in [0.3, 0.4) is 0 Å². The third kappa shape index (κ3) is 9.60. The van der Waals surface area contributed by atoms with Crippen molar-refractivity contribution in [1.82, 2.24) is 20.3 Å². The van der Waals surface area contributed by atoms with Crippen LogP contribution in [0.1, 0.15) is 111 Å². The Balaban J connectivity index is 0.00000174. The molecule has 0 aliphatic carbocycles. The number of nitrogens with one attached hydrogen (secondary N) is 1. The summed E-state index contributed by atoms with van der Waals surface area (Å²) in [5.41, 5.74) is 1.40. The molecule has 0 saturated heterocycles. The molecule has 3 aromatic heterocycles. The predicted molar refractivity (Wildman–Crippen MR) is 170 cm³/mol. The molecule has 0 radical (unpaired) electrons. The molecule has 2 unspecified atom stereocenters. The van der Waals surface area contributed by atoms with E-state index in [9.17, 15) is 9.59 Å². The molecule has 2 aliphatic heterocycles. The highest BCUT2D eigenvalue weighted by molar-refractivity contribution is 5.97. The summed E-state index contributed by atoms with van der Waals surface area (Å²) in [5.74, 6) is 2.05. The fourth-order valence-electron chi connectivity index (χ4n) is 4.83. The van der Waals surface area contributed by atoms with Crippen LogP contribution in [-0.2, 0) is 47.8 Å². The number of amides is 1. The molecule has 3 aromatic rings. The van der Waals surface area contributed by atoms with Crippen molar-refractivity contribution in [3.8, 4) is 0 Å². The van der Waals surface area contributed by atoms with Crippen molar-refractivity contribution in [2.45, 2.75) is 84.9 Å². The summed E-state index contributed by atoms with van der Waals surface area (Å²) in [6.45, 7) is 12.2. The first-order valence-corrected chi connectivity index (χ1v) is 16.0. The van der Waals surface area contributed by atoms with Crippen molar-refractivity contribution in [2.24, 2.45) is 9.98 Å². The molecule has 1 amide bonds. The minimum absolute atomic E-state index is 0.176. The third-order valence-electron chi connectivity index (χ3n) is 6.87. The first kappa shape index (κ1) is 36.5. The average molecular weight is 681 g/mol. The van der Waals surface area contributed by atoms with Crippen LogP contribution in [0.5, 0.6) is 0 Å². The van der Waals surface area contributed by atoms with Gasteiger partial charge in [-0.15, -0.1) is 0 Å². The van der Waals surface area contributed by atoms with Crippen molar-refractivity contribution in [3.63, 3.8) is 0 Å². The molecule has 2 aliphatic rings. The topological polar surface area (TPSA) is 207 Å². The molecule has 0 aromatic carbocycles. The Hall–Kier alpha value is -5.37. The van der Waals surface area contributed by atoms with Crippen LogP contribution in [0, 0.1) is 0 Å². The van der Waals surface area contributed by atoms with E-state index < -0.39 is 29.7 Å². The van der Waals surface area contributed by atoms with Gasteiger partial charge in [-0.05, 0) is 52.7 Å². The Morgan fingerprint density at radius 3 is 2.04 bits per heavy atom. The minimum atomic E-state index is -0.572. The molecular weight excluding hydrogens is 640 g/mol. The molecule has 16 nitrogen and oxygen atoms in total. The largest absolute Gasteiger partial charge is 0.474 e. The van der Waals surface area contributed by atoms with Gasteiger partial charge in [0.2, 0.25) is 23.6 Å². The highest BCUT2D eigenvalue weighted by atomic mass is 16.6. The van der Waals surface area contributed by atoms with Gasteiger partial charge in [-0.2, -0.15) is 9.59 Å². The zero-order valence-electron chi connectivity index (χ0n) is 28.4. The smallest absolute Gasteiger partial charge is 0.407 e. The van der Waals surface area contributed by atoms with E-state index in [-0.39, 0.29) is 31.7 Å². The van der Waals surface area contributed by atoms with Crippen LogP contribution in [0.4, 0.5) is 4.79 Å². The Morgan fingerprint density at radius 2 is 1.49 bits per heavy atom.